The zero-order valence-corrected chi connectivity index (χ0v) is 25.6. The van der Waals surface area contributed by atoms with Gasteiger partial charge < -0.3 is 25.2 Å². The monoisotopic (exact) mass is 612 g/mol. The fourth-order valence-electron chi connectivity index (χ4n) is 5.09. The summed E-state index contributed by atoms with van der Waals surface area (Å²) in [7, 11) is 0. The van der Waals surface area contributed by atoms with Crippen LogP contribution in [0.25, 0.3) is 0 Å². The first-order valence-electron chi connectivity index (χ1n) is 14.9. The number of nitrogens with one attached hydrogen (secondary N) is 3. The van der Waals surface area contributed by atoms with Crippen LogP contribution in [-0.4, -0.2) is 60.4 Å². The number of halogens is 1. The molecule has 44 heavy (non-hydrogen) atoms. The number of Topliss-reactive ketones (excluding diaryl/α,β-unsaturated/α-hetero) is 1. The van der Waals surface area contributed by atoms with E-state index in [2.05, 4.69) is 21.1 Å². The topological polar surface area (TPSA) is 157 Å². The van der Waals surface area contributed by atoms with Crippen molar-refractivity contribution in [3.63, 3.8) is 0 Å². The van der Waals surface area contributed by atoms with Gasteiger partial charge in [0.15, 0.2) is 5.69 Å². The third-order valence-electron chi connectivity index (χ3n) is 7.56. The summed E-state index contributed by atoms with van der Waals surface area (Å²) >= 11 is 0. The van der Waals surface area contributed by atoms with Crippen molar-refractivity contribution < 1.29 is 37.6 Å². The molecule has 2 heterocycles. The SMILES string of the molecule is CCOC(=O)/C=C/[C@H](C[C@@H]1CCNC1=O)NC(=O)[C@@H](CC(=O)C(CNC(=O)c1cc(C)on1)C(C)C)Cc1ccc(F)cc1. The van der Waals surface area contributed by atoms with Crippen LogP contribution in [0.15, 0.2) is 47.0 Å². The molecule has 0 radical (unpaired) electrons. The van der Waals surface area contributed by atoms with Crippen LogP contribution in [0.1, 0.15) is 61.8 Å². The lowest BCUT2D eigenvalue weighted by Crippen LogP contribution is -2.42. The molecule has 1 aromatic heterocycles. The molecule has 0 saturated carbocycles. The minimum Gasteiger partial charge on any atom is -0.463 e. The highest BCUT2D eigenvalue weighted by Crippen LogP contribution is 2.22. The predicted molar refractivity (Wildman–Crippen MR) is 159 cm³/mol. The van der Waals surface area contributed by atoms with Crippen LogP contribution in [0.3, 0.4) is 0 Å². The van der Waals surface area contributed by atoms with Crippen molar-refractivity contribution in [3.8, 4) is 0 Å². The number of nitrogens with zero attached hydrogens (tertiary/aromatic N) is 1. The first-order valence-corrected chi connectivity index (χ1v) is 14.9. The third kappa shape index (κ3) is 10.4. The molecular formula is C32H41FN4O7. The molecule has 238 valence electrons. The number of carbonyl (C=O) groups excluding carboxylic acids is 5. The maximum Gasteiger partial charge on any atom is 0.330 e. The second-order valence-electron chi connectivity index (χ2n) is 11.3. The molecule has 0 bridgehead atoms. The molecule has 1 aliphatic rings. The first-order chi connectivity index (χ1) is 21.0. The summed E-state index contributed by atoms with van der Waals surface area (Å²) in [5.74, 6) is -3.78. The van der Waals surface area contributed by atoms with Crippen molar-refractivity contribution in [1.82, 2.24) is 21.1 Å². The van der Waals surface area contributed by atoms with Gasteiger partial charge >= 0.3 is 5.97 Å². The fraction of sp³-hybridized carbons (Fsp3) is 0.500. The molecule has 2 aromatic rings. The Labute approximate surface area is 256 Å². The van der Waals surface area contributed by atoms with Crippen LogP contribution in [0.4, 0.5) is 4.39 Å². The highest BCUT2D eigenvalue weighted by Gasteiger charge is 2.32. The number of aryl methyl sites for hydroxylation is 1. The van der Waals surface area contributed by atoms with Crippen molar-refractivity contribution in [2.45, 2.75) is 59.4 Å². The number of amides is 3. The normalized spacial score (nSPS) is 16.8. The first kappa shape index (κ1) is 34.1. The molecule has 4 atom stereocenters. The van der Waals surface area contributed by atoms with Crippen LogP contribution in [-0.2, 0) is 30.3 Å². The van der Waals surface area contributed by atoms with Gasteiger partial charge in [0.05, 0.1) is 6.61 Å². The predicted octanol–water partition coefficient (Wildman–Crippen LogP) is 3.07. The molecular weight excluding hydrogens is 571 g/mol. The quantitative estimate of drug-likeness (QED) is 0.193. The number of esters is 1. The van der Waals surface area contributed by atoms with E-state index in [-0.39, 0.29) is 61.6 Å². The van der Waals surface area contributed by atoms with Gasteiger partial charge in [0.1, 0.15) is 17.4 Å². The Kier molecular flexibility index (Phi) is 12.8. The van der Waals surface area contributed by atoms with Gasteiger partial charge in [-0.15, -0.1) is 0 Å². The van der Waals surface area contributed by atoms with Crippen LogP contribution in [0.5, 0.6) is 0 Å². The number of ether oxygens (including phenoxy) is 1. The van der Waals surface area contributed by atoms with Crippen LogP contribution in [0.2, 0.25) is 0 Å². The van der Waals surface area contributed by atoms with E-state index in [0.717, 1.165) is 0 Å². The zero-order chi connectivity index (χ0) is 32.2. The molecule has 3 N–H and O–H groups in total. The van der Waals surface area contributed by atoms with Crippen molar-refractivity contribution in [3.05, 3.63) is 65.3 Å². The van der Waals surface area contributed by atoms with Crippen LogP contribution < -0.4 is 16.0 Å². The Morgan fingerprint density at radius 2 is 1.93 bits per heavy atom. The molecule has 1 unspecified atom stereocenters. The summed E-state index contributed by atoms with van der Waals surface area (Å²) in [4.78, 5) is 64.2. The van der Waals surface area contributed by atoms with E-state index in [9.17, 15) is 28.4 Å². The van der Waals surface area contributed by atoms with Gasteiger partial charge in [-0.1, -0.05) is 37.2 Å². The number of rotatable bonds is 16. The third-order valence-corrected chi connectivity index (χ3v) is 7.56. The number of aromatic nitrogens is 1. The Hall–Kier alpha value is -4.35. The summed E-state index contributed by atoms with van der Waals surface area (Å²) in [5.41, 5.74) is 0.757. The minimum absolute atomic E-state index is 0.0355. The van der Waals surface area contributed by atoms with Gasteiger partial charge in [-0.05, 0) is 56.7 Å². The van der Waals surface area contributed by atoms with Crippen LogP contribution >= 0.6 is 0 Å². The highest BCUT2D eigenvalue weighted by molar-refractivity contribution is 5.93. The molecule has 0 aliphatic carbocycles. The minimum atomic E-state index is -0.848. The van der Waals surface area contributed by atoms with E-state index in [1.807, 2.05) is 13.8 Å². The van der Waals surface area contributed by atoms with Gasteiger partial charge in [0.2, 0.25) is 11.8 Å². The molecule has 1 saturated heterocycles. The van der Waals surface area contributed by atoms with E-state index in [4.69, 9.17) is 9.26 Å². The Morgan fingerprint density at radius 3 is 2.52 bits per heavy atom. The number of carbonyl (C=O) groups is 5. The van der Waals surface area contributed by atoms with Crippen molar-refractivity contribution in [2.24, 2.45) is 23.7 Å². The van der Waals surface area contributed by atoms with Crippen molar-refractivity contribution >= 4 is 29.5 Å². The van der Waals surface area contributed by atoms with Gasteiger partial charge in [-0.3, -0.25) is 19.2 Å². The lowest BCUT2D eigenvalue weighted by atomic mass is 9.84. The second kappa shape index (κ2) is 16.5. The van der Waals surface area contributed by atoms with Gasteiger partial charge in [-0.2, -0.15) is 0 Å². The van der Waals surface area contributed by atoms with E-state index in [1.54, 1.807) is 26.0 Å². The number of ketones is 1. The molecule has 3 rings (SSSR count). The lowest BCUT2D eigenvalue weighted by molar-refractivity contribution is -0.137. The van der Waals surface area contributed by atoms with E-state index in [0.29, 0.717) is 24.3 Å². The smallest absolute Gasteiger partial charge is 0.330 e. The lowest BCUT2D eigenvalue weighted by Gasteiger charge is -2.25. The largest absolute Gasteiger partial charge is 0.463 e. The molecule has 1 aromatic carbocycles. The zero-order valence-electron chi connectivity index (χ0n) is 25.6. The van der Waals surface area contributed by atoms with Crippen LogP contribution in [0, 0.1) is 36.4 Å². The second-order valence-corrected chi connectivity index (χ2v) is 11.3. The van der Waals surface area contributed by atoms with Crippen molar-refractivity contribution in [1.29, 1.82) is 0 Å². The summed E-state index contributed by atoms with van der Waals surface area (Å²) in [5, 5.41) is 12.1. The number of hydrogen-bond donors (Lipinski definition) is 3. The molecule has 1 aliphatic heterocycles. The summed E-state index contributed by atoms with van der Waals surface area (Å²) in [6, 6.07) is 6.49. The molecule has 12 heteroatoms. The molecule has 3 amide bonds. The summed E-state index contributed by atoms with van der Waals surface area (Å²) in [6.07, 6.45) is 3.55. The average molecular weight is 613 g/mol. The molecule has 0 spiro atoms. The van der Waals surface area contributed by atoms with E-state index in [1.165, 1.54) is 30.4 Å². The van der Waals surface area contributed by atoms with E-state index >= 15 is 0 Å². The number of benzene rings is 1. The average Bonchev–Trinajstić information content (AvgIpc) is 3.60. The van der Waals surface area contributed by atoms with Crippen molar-refractivity contribution in [2.75, 3.05) is 19.7 Å². The molecule has 11 nitrogen and oxygen atoms in total. The Balaban J connectivity index is 1.79. The maximum atomic E-state index is 13.8. The summed E-state index contributed by atoms with van der Waals surface area (Å²) < 4.78 is 23.5. The number of hydrogen-bond acceptors (Lipinski definition) is 8. The fourth-order valence-corrected chi connectivity index (χ4v) is 5.09. The molecule has 1 fully saturated rings. The maximum absolute atomic E-state index is 13.8. The standard InChI is InChI=1S/C32H41FN4O7/c1-5-43-29(39)11-10-25(16-22-12-13-34-30(22)40)36-31(41)23(15-21-6-8-24(33)9-7-21)17-28(38)26(19(2)3)18-35-32(42)27-14-20(4)44-37-27/h6-11,14,19,22-23,25-26H,5,12-13,15-18H2,1-4H3,(H,34,40)(H,35,42)(H,36,41)/b11-10+/t22-,23+,25+,26?/m0/s1. The summed E-state index contributed by atoms with van der Waals surface area (Å²) in [6.45, 7) is 7.79. The van der Waals surface area contributed by atoms with Gasteiger partial charge in [-0.25, -0.2) is 9.18 Å². The Morgan fingerprint density at radius 1 is 1.20 bits per heavy atom. The van der Waals surface area contributed by atoms with Gasteiger partial charge in [0.25, 0.3) is 5.91 Å². The highest BCUT2D eigenvalue weighted by atomic mass is 19.1. The Bertz CT molecular complexity index is 1340. The van der Waals surface area contributed by atoms with Gasteiger partial charge in [0, 0.05) is 55.4 Å². The van der Waals surface area contributed by atoms with E-state index < -0.39 is 41.5 Å².